The minimum atomic E-state index is -1.23. The summed E-state index contributed by atoms with van der Waals surface area (Å²) in [5.41, 5.74) is -1.16. The van der Waals surface area contributed by atoms with E-state index in [1.165, 1.54) is 12.1 Å². The van der Waals surface area contributed by atoms with Crippen LogP contribution in [0.4, 0.5) is 0 Å². The van der Waals surface area contributed by atoms with Gasteiger partial charge < -0.3 is 20.4 Å². The van der Waals surface area contributed by atoms with Crippen molar-refractivity contribution in [2.45, 2.75) is 0 Å². The van der Waals surface area contributed by atoms with E-state index in [0.29, 0.717) is 0 Å². The van der Waals surface area contributed by atoms with Crippen LogP contribution in [0.2, 0.25) is 0 Å². The molecule has 0 fully saturated rings. The summed E-state index contributed by atoms with van der Waals surface area (Å²) < 4.78 is 0. The summed E-state index contributed by atoms with van der Waals surface area (Å²) in [6, 6.07) is 10.2. The van der Waals surface area contributed by atoms with Gasteiger partial charge in [-0.1, -0.05) is 0 Å². The predicted octanol–water partition coefficient (Wildman–Crippen LogP) is 2.29. The molecule has 0 heterocycles. The van der Waals surface area contributed by atoms with E-state index >= 15 is 0 Å². The highest BCUT2D eigenvalue weighted by Gasteiger charge is 2.09. The van der Waals surface area contributed by atoms with Crippen LogP contribution in [0.3, 0.4) is 0 Å². The lowest BCUT2D eigenvalue weighted by atomic mass is 10.1. The number of hydrogen-bond acceptors (Lipinski definition) is 8. The lowest BCUT2D eigenvalue weighted by Crippen LogP contribution is -1.98. The smallest absolute Gasteiger partial charge is 0.335 e. The Hall–Kier alpha value is -4.96. The van der Waals surface area contributed by atoms with Crippen molar-refractivity contribution in [3.05, 3.63) is 70.0 Å². The molecule has 0 unspecified atom stereocenters. The number of benzene rings is 2. The number of aromatic carboxylic acids is 2. The van der Waals surface area contributed by atoms with Crippen LogP contribution in [0.1, 0.15) is 31.8 Å². The lowest BCUT2D eigenvalue weighted by molar-refractivity contribution is 0.0686. The van der Waals surface area contributed by atoms with Crippen molar-refractivity contribution in [3.8, 4) is 23.6 Å². The number of carboxylic acids is 2. The number of carboxylic acid groups (broad SMARTS) is 2. The Kier molecular flexibility index (Phi) is 6.62. The van der Waals surface area contributed by atoms with Gasteiger partial charge in [-0.05, 0) is 36.4 Å². The molecule has 2 aromatic rings. The van der Waals surface area contributed by atoms with Crippen molar-refractivity contribution in [1.82, 2.24) is 0 Å². The second kappa shape index (κ2) is 9.30. The van der Waals surface area contributed by atoms with Crippen LogP contribution in [-0.2, 0) is 0 Å². The summed E-state index contributed by atoms with van der Waals surface area (Å²) >= 11 is 0. The average Bonchev–Trinajstić information content (AvgIpc) is 2.72. The molecule has 148 valence electrons. The van der Waals surface area contributed by atoms with Gasteiger partial charge in [-0.25, -0.2) is 19.6 Å². The molecule has 0 aromatic heterocycles. The molecule has 2 rings (SSSR count). The molecule has 10 nitrogen and oxygen atoms in total. The maximum Gasteiger partial charge on any atom is 0.335 e. The van der Waals surface area contributed by atoms with Crippen LogP contribution >= 0.6 is 0 Å². The Labute approximate surface area is 169 Å². The molecule has 0 bridgehead atoms. The first-order valence-corrected chi connectivity index (χ1v) is 8.02. The number of phenols is 2. The standard InChI is InChI=1S/C20H12N4O6/c21-7-15(23-9-13-5-11(19(27)28)1-3-17(13)25)16(8-22)24-10-14-6-12(20(29)30)2-4-18(14)26/h1-6,9-10,25-26H,(H,27,28)(H,29,30)/b16-15-,23-9?,24-10?. The first kappa shape index (κ1) is 21.3. The molecule has 0 radical (unpaired) electrons. The summed E-state index contributed by atoms with van der Waals surface area (Å²) in [6.45, 7) is 0. The molecule has 0 atom stereocenters. The number of aliphatic imine (C=N–C) groups is 2. The van der Waals surface area contributed by atoms with Crippen LogP contribution in [-0.4, -0.2) is 44.8 Å². The van der Waals surface area contributed by atoms with Gasteiger partial charge >= 0.3 is 11.9 Å². The van der Waals surface area contributed by atoms with Crippen LogP contribution in [0.15, 0.2) is 57.8 Å². The minimum absolute atomic E-state index is 0.00396. The second-order valence-electron chi connectivity index (χ2n) is 5.59. The molecule has 0 aliphatic heterocycles. The molecular formula is C20H12N4O6. The number of nitrogens with zero attached hydrogens (tertiary/aromatic N) is 4. The van der Waals surface area contributed by atoms with E-state index in [2.05, 4.69) is 9.98 Å². The fourth-order valence-corrected chi connectivity index (χ4v) is 2.14. The Balaban J connectivity index is 2.43. The summed E-state index contributed by atoms with van der Waals surface area (Å²) in [6.07, 6.45) is 1.99. The molecular weight excluding hydrogens is 392 g/mol. The molecule has 0 amide bonds. The summed E-state index contributed by atoms with van der Waals surface area (Å²) in [5, 5.41) is 56.1. The van der Waals surface area contributed by atoms with Gasteiger partial charge in [0, 0.05) is 23.6 Å². The van der Waals surface area contributed by atoms with Crippen molar-refractivity contribution < 1.29 is 30.0 Å². The van der Waals surface area contributed by atoms with E-state index in [9.17, 15) is 30.3 Å². The number of nitriles is 2. The van der Waals surface area contributed by atoms with Crippen molar-refractivity contribution in [2.75, 3.05) is 0 Å². The number of phenolic OH excluding ortho intramolecular Hbond substituents is 2. The van der Waals surface area contributed by atoms with E-state index in [-0.39, 0.29) is 33.8 Å². The zero-order valence-electron chi connectivity index (χ0n) is 15.0. The van der Waals surface area contributed by atoms with Crippen molar-refractivity contribution in [3.63, 3.8) is 0 Å². The number of allylic oxidation sites excluding steroid dienone is 2. The first-order valence-electron chi connectivity index (χ1n) is 8.02. The van der Waals surface area contributed by atoms with Crippen LogP contribution in [0.25, 0.3) is 0 Å². The Morgan fingerprint density at radius 2 is 1.13 bits per heavy atom. The maximum absolute atomic E-state index is 11.0. The molecule has 0 saturated heterocycles. The van der Waals surface area contributed by atoms with E-state index in [1.54, 1.807) is 12.1 Å². The molecule has 0 saturated carbocycles. The highest BCUT2D eigenvalue weighted by atomic mass is 16.4. The monoisotopic (exact) mass is 404 g/mol. The van der Waals surface area contributed by atoms with Crippen LogP contribution < -0.4 is 0 Å². The van der Waals surface area contributed by atoms with Crippen molar-refractivity contribution >= 4 is 24.4 Å². The third-order valence-corrected chi connectivity index (χ3v) is 3.65. The fraction of sp³-hybridized carbons (Fsp3) is 0. The number of rotatable bonds is 6. The largest absolute Gasteiger partial charge is 0.507 e. The van der Waals surface area contributed by atoms with E-state index in [0.717, 1.165) is 36.7 Å². The quantitative estimate of drug-likeness (QED) is 0.417. The third kappa shape index (κ3) is 5.06. The average molecular weight is 404 g/mol. The Morgan fingerprint density at radius 1 is 0.767 bits per heavy atom. The minimum Gasteiger partial charge on any atom is -0.507 e. The van der Waals surface area contributed by atoms with Gasteiger partial charge in [0.25, 0.3) is 0 Å². The summed E-state index contributed by atoms with van der Waals surface area (Å²) in [7, 11) is 0. The molecule has 2 aromatic carbocycles. The van der Waals surface area contributed by atoms with Gasteiger partial charge in [-0.3, -0.25) is 0 Å². The molecule has 0 aliphatic carbocycles. The molecule has 0 spiro atoms. The lowest BCUT2D eigenvalue weighted by Gasteiger charge is -2.01. The number of hydrogen-bond donors (Lipinski definition) is 4. The van der Waals surface area contributed by atoms with E-state index < -0.39 is 23.3 Å². The molecule has 4 N–H and O–H groups in total. The molecule has 10 heteroatoms. The van der Waals surface area contributed by atoms with Gasteiger partial charge in [0.2, 0.25) is 0 Å². The van der Waals surface area contributed by atoms with Gasteiger partial charge in [0.1, 0.15) is 23.6 Å². The van der Waals surface area contributed by atoms with Crippen molar-refractivity contribution in [2.24, 2.45) is 9.98 Å². The second-order valence-corrected chi connectivity index (χ2v) is 5.59. The SMILES string of the molecule is N#C/C(N=Cc1cc(C(=O)O)ccc1O)=C(\C#N)N=Cc1cc(C(=O)O)ccc1O. The topological polar surface area (TPSA) is 187 Å². The predicted molar refractivity (Wildman–Crippen MR) is 104 cm³/mol. The van der Waals surface area contributed by atoms with Crippen LogP contribution in [0.5, 0.6) is 11.5 Å². The zero-order chi connectivity index (χ0) is 22.3. The van der Waals surface area contributed by atoms with Gasteiger partial charge in [0.05, 0.1) is 11.1 Å². The maximum atomic E-state index is 11.0. The first-order chi connectivity index (χ1) is 14.3. The number of carbonyl (C=O) groups is 2. The third-order valence-electron chi connectivity index (χ3n) is 3.65. The van der Waals surface area contributed by atoms with Crippen LogP contribution in [0, 0.1) is 22.7 Å². The Morgan fingerprint density at radius 3 is 1.43 bits per heavy atom. The Bertz CT molecular complexity index is 1110. The normalized spacial score (nSPS) is 11.7. The zero-order valence-corrected chi connectivity index (χ0v) is 15.0. The summed E-state index contributed by atoms with van der Waals surface area (Å²) in [4.78, 5) is 29.6. The van der Waals surface area contributed by atoms with Gasteiger partial charge in [-0.15, -0.1) is 0 Å². The molecule has 30 heavy (non-hydrogen) atoms. The highest BCUT2D eigenvalue weighted by molar-refractivity contribution is 5.94. The van der Waals surface area contributed by atoms with E-state index in [4.69, 9.17) is 10.2 Å². The highest BCUT2D eigenvalue weighted by Crippen LogP contribution is 2.19. The van der Waals surface area contributed by atoms with Crippen molar-refractivity contribution in [1.29, 1.82) is 10.5 Å². The van der Waals surface area contributed by atoms with E-state index in [1.807, 2.05) is 0 Å². The van der Waals surface area contributed by atoms with Gasteiger partial charge in [0.15, 0.2) is 11.4 Å². The molecule has 0 aliphatic rings. The van der Waals surface area contributed by atoms with Gasteiger partial charge in [-0.2, -0.15) is 10.5 Å². The number of aromatic hydroxyl groups is 2. The summed E-state index contributed by atoms with van der Waals surface area (Å²) in [5.74, 6) is -3.05. The fourth-order valence-electron chi connectivity index (χ4n) is 2.14.